The van der Waals surface area contributed by atoms with Crippen LogP contribution >= 0.6 is 15.9 Å². The lowest BCUT2D eigenvalue weighted by atomic mass is 9.84. The summed E-state index contributed by atoms with van der Waals surface area (Å²) in [5.74, 6) is 1.38. The Kier molecular flexibility index (Phi) is 4.19. The van der Waals surface area contributed by atoms with Gasteiger partial charge < -0.3 is 0 Å². The SMILES string of the molecule is Cc1ccc(CC2C=C(Br)C(c3nc[nH]n3)CC2)cc1F. The molecule has 0 radical (unpaired) electrons. The number of halogens is 2. The van der Waals surface area contributed by atoms with Crippen molar-refractivity contribution in [1.29, 1.82) is 0 Å². The molecule has 1 aromatic heterocycles. The first-order chi connectivity index (χ1) is 10.1. The topological polar surface area (TPSA) is 41.6 Å². The number of benzene rings is 1. The highest BCUT2D eigenvalue weighted by molar-refractivity contribution is 9.11. The number of H-pyrrole nitrogens is 1. The van der Waals surface area contributed by atoms with Crippen molar-refractivity contribution in [3.05, 3.63) is 57.9 Å². The Morgan fingerprint density at radius 3 is 2.90 bits per heavy atom. The molecule has 110 valence electrons. The average Bonchev–Trinajstić information content (AvgIpc) is 2.97. The van der Waals surface area contributed by atoms with Crippen molar-refractivity contribution in [2.75, 3.05) is 0 Å². The van der Waals surface area contributed by atoms with Crippen molar-refractivity contribution in [1.82, 2.24) is 15.2 Å². The van der Waals surface area contributed by atoms with Gasteiger partial charge in [0.15, 0.2) is 5.82 Å². The van der Waals surface area contributed by atoms with E-state index in [0.717, 1.165) is 35.1 Å². The molecule has 3 rings (SSSR count). The van der Waals surface area contributed by atoms with Gasteiger partial charge in [-0.2, -0.15) is 5.10 Å². The minimum Gasteiger partial charge on any atom is -0.266 e. The summed E-state index contributed by atoms with van der Waals surface area (Å²) in [6, 6.07) is 5.52. The van der Waals surface area contributed by atoms with Crippen LogP contribution in [0.25, 0.3) is 0 Å². The summed E-state index contributed by atoms with van der Waals surface area (Å²) in [5.41, 5.74) is 1.75. The maximum atomic E-state index is 13.6. The summed E-state index contributed by atoms with van der Waals surface area (Å²) in [4.78, 5) is 4.23. The van der Waals surface area contributed by atoms with Gasteiger partial charge in [-0.15, -0.1) is 0 Å². The van der Waals surface area contributed by atoms with Crippen LogP contribution in [0.3, 0.4) is 0 Å². The van der Waals surface area contributed by atoms with Crippen LogP contribution in [0.15, 0.2) is 35.1 Å². The zero-order valence-electron chi connectivity index (χ0n) is 11.8. The van der Waals surface area contributed by atoms with Crippen LogP contribution in [0.4, 0.5) is 4.39 Å². The highest BCUT2D eigenvalue weighted by atomic mass is 79.9. The van der Waals surface area contributed by atoms with E-state index in [2.05, 4.69) is 37.2 Å². The molecule has 1 heterocycles. The van der Waals surface area contributed by atoms with E-state index in [4.69, 9.17) is 0 Å². The molecule has 1 N–H and O–H groups in total. The smallest absolute Gasteiger partial charge is 0.158 e. The van der Waals surface area contributed by atoms with Crippen molar-refractivity contribution < 1.29 is 4.39 Å². The molecule has 0 saturated heterocycles. The van der Waals surface area contributed by atoms with E-state index in [1.54, 1.807) is 19.3 Å². The Hall–Kier alpha value is -1.49. The zero-order valence-corrected chi connectivity index (χ0v) is 13.4. The normalized spacial score (nSPS) is 22.1. The van der Waals surface area contributed by atoms with E-state index < -0.39 is 0 Å². The summed E-state index contributed by atoms with van der Waals surface area (Å²) in [7, 11) is 0. The van der Waals surface area contributed by atoms with Gasteiger partial charge in [-0.1, -0.05) is 34.1 Å². The second-order valence-corrected chi connectivity index (χ2v) is 6.50. The van der Waals surface area contributed by atoms with Crippen LogP contribution in [-0.2, 0) is 6.42 Å². The quantitative estimate of drug-likeness (QED) is 0.898. The van der Waals surface area contributed by atoms with Gasteiger partial charge in [0.05, 0.1) is 5.92 Å². The molecule has 2 unspecified atom stereocenters. The third-order valence-corrected chi connectivity index (χ3v) is 4.85. The summed E-state index contributed by atoms with van der Waals surface area (Å²) in [6.07, 6.45) is 6.77. The predicted octanol–water partition coefficient (Wildman–Crippen LogP) is 4.27. The fourth-order valence-electron chi connectivity index (χ4n) is 2.81. The molecule has 0 bridgehead atoms. The number of hydrogen-bond acceptors (Lipinski definition) is 2. The Labute approximate surface area is 131 Å². The van der Waals surface area contributed by atoms with Crippen LogP contribution in [-0.4, -0.2) is 15.2 Å². The molecule has 0 aliphatic heterocycles. The van der Waals surface area contributed by atoms with E-state index in [-0.39, 0.29) is 11.7 Å². The Balaban J connectivity index is 1.72. The van der Waals surface area contributed by atoms with E-state index in [0.29, 0.717) is 11.5 Å². The highest BCUT2D eigenvalue weighted by Crippen LogP contribution is 2.38. The number of nitrogens with one attached hydrogen (secondary N) is 1. The number of hydrogen-bond donors (Lipinski definition) is 1. The first kappa shape index (κ1) is 14.4. The molecule has 1 aliphatic carbocycles. The number of aromatic nitrogens is 3. The van der Waals surface area contributed by atoms with Gasteiger partial charge >= 0.3 is 0 Å². The molecule has 0 spiro atoms. The van der Waals surface area contributed by atoms with Gasteiger partial charge in [-0.25, -0.2) is 9.37 Å². The van der Waals surface area contributed by atoms with E-state index in [1.807, 2.05) is 12.1 Å². The first-order valence-electron chi connectivity index (χ1n) is 7.11. The average molecular weight is 350 g/mol. The molecule has 2 atom stereocenters. The zero-order chi connectivity index (χ0) is 14.8. The lowest BCUT2D eigenvalue weighted by Crippen LogP contribution is -2.13. The molecular weight excluding hydrogens is 333 g/mol. The van der Waals surface area contributed by atoms with E-state index in [1.165, 1.54) is 0 Å². The van der Waals surface area contributed by atoms with Crippen molar-refractivity contribution in [3.8, 4) is 0 Å². The second kappa shape index (κ2) is 6.10. The molecule has 2 aromatic rings. The minimum atomic E-state index is -0.120. The maximum absolute atomic E-state index is 13.6. The van der Waals surface area contributed by atoms with Gasteiger partial charge in [0.1, 0.15) is 12.1 Å². The Bertz CT molecular complexity index is 652. The fraction of sp³-hybridized carbons (Fsp3) is 0.375. The molecule has 21 heavy (non-hydrogen) atoms. The molecular formula is C16H17BrFN3. The molecule has 5 heteroatoms. The minimum absolute atomic E-state index is 0.120. The standard InChI is InChI=1S/C16H17BrFN3/c1-10-2-3-12(8-15(10)18)6-11-4-5-13(14(17)7-11)16-19-9-20-21-16/h2-3,7-9,11,13H,4-6H2,1H3,(H,19,20,21). The van der Waals surface area contributed by atoms with Crippen molar-refractivity contribution >= 4 is 15.9 Å². The summed E-state index contributed by atoms with van der Waals surface area (Å²) in [5, 5.41) is 6.92. The molecule has 1 aromatic carbocycles. The van der Waals surface area contributed by atoms with E-state index in [9.17, 15) is 4.39 Å². The Morgan fingerprint density at radius 1 is 1.38 bits per heavy atom. The summed E-state index contributed by atoms with van der Waals surface area (Å²) >= 11 is 3.65. The molecule has 0 fully saturated rings. The summed E-state index contributed by atoms with van der Waals surface area (Å²) in [6.45, 7) is 1.79. The maximum Gasteiger partial charge on any atom is 0.158 e. The lowest BCUT2D eigenvalue weighted by Gasteiger charge is -2.24. The Morgan fingerprint density at radius 2 is 2.24 bits per heavy atom. The van der Waals surface area contributed by atoms with Crippen LogP contribution in [0.5, 0.6) is 0 Å². The number of aromatic amines is 1. The van der Waals surface area contributed by atoms with E-state index >= 15 is 0 Å². The van der Waals surface area contributed by atoms with Crippen molar-refractivity contribution in [2.24, 2.45) is 5.92 Å². The van der Waals surface area contributed by atoms with Gasteiger partial charge in [-0.3, -0.25) is 5.10 Å². The number of nitrogens with zero attached hydrogens (tertiary/aromatic N) is 2. The molecule has 0 amide bonds. The molecule has 1 aliphatic rings. The van der Waals surface area contributed by atoms with Crippen LogP contribution < -0.4 is 0 Å². The highest BCUT2D eigenvalue weighted by Gasteiger charge is 2.25. The second-order valence-electron chi connectivity index (χ2n) is 5.59. The van der Waals surface area contributed by atoms with Crippen LogP contribution in [0.1, 0.15) is 35.7 Å². The number of allylic oxidation sites excluding steroid dienone is 2. The predicted molar refractivity (Wildman–Crippen MR) is 83.7 cm³/mol. The first-order valence-corrected chi connectivity index (χ1v) is 7.90. The third-order valence-electron chi connectivity index (χ3n) is 4.03. The number of rotatable bonds is 3. The summed E-state index contributed by atoms with van der Waals surface area (Å²) < 4.78 is 14.7. The monoisotopic (exact) mass is 349 g/mol. The van der Waals surface area contributed by atoms with Gasteiger partial charge in [-0.05, 0) is 49.3 Å². The van der Waals surface area contributed by atoms with Crippen molar-refractivity contribution in [2.45, 2.75) is 32.1 Å². The fourth-order valence-corrected chi connectivity index (χ4v) is 3.62. The largest absolute Gasteiger partial charge is 0.266 e. The lowest BCUT2D eigenvalue weighted by molar-refractivity contribution is 0.495. The molecule has 3 nitrogen and oxygen atoms in total. The van der Waals surface area contributed by atoms with Gasteiger partial charge in [0.2, 0.25) is 0 Å². The van der Waals surface area contributed by atoms with Gasteiger partial charge in [0, 0.05) is 4.48 Å². The van der Waals surface area contributed by atoms with Crippen molar-refractivity contribution in [3.63, 3.8) is 0 Å². The molecule has 0 saturated carbocycles. The van der Waals surface area contributed by atoms with Gasteiger partial charge in [0.25, 0.3) is 0 Å². The van der Waals surface area contributed by atoms with Crippen LogP contribution in [0.2, 0.25) is 0 Å². The van der Waals surface area contributed by atoms with Crippen LogP contribution in [0, 0.1) is 18.7 Å². The third kappa shape index (κ3) is 3.23. The number of aryl methyl sites for hydroxylation is 1.